The Balaban J connectivity index is 1.87. The summed E-state index contributed by atoms with van der Waals surface area (Å²) in [6.45, 7) is 4.39. The number of nitrogen functional groups attached to an aromatic ring is 1. The molecule has 5 nitrogen and oxygen atoms in total. The first-order chi connectivity index (χ1) is 9.54. The van der Waals surface area contributed by atoms with Gasteiger partial charge in [-0.05, 0) is 44.8 Å². The standard InChI is InChI=1S/C14H21ClN4O/c1-18-5-2-6-19(8-7-18)10-14(20)17-11-3-4-12(15)13(16)9-11/h3-4,9H,2,5-8,10,16H2,1H3,(H,17,20). The minimum atomic E-state index is -0.0173. The van der Waals surface area contributed by atoms with Crippen LogP contribution in [-0.4, -0.2) is 55.5 Å². The quantitative estimate of drug-likeness (QED) is 0.830. The van der Waals surface area contributed by atoms with Gasteiger partial charge in [0.1, 0.15) is 0 Å². The first-order valence-electron chi connectivity index (χ1n) is 6.80. The molecule has 6 heteroatoms. The van der Waals surface area contributed by atoms with E-state index in [9.17, 15) is 4.79 Å². The molecule has 1 fully saturated rings. The van der Waals surface area contributed by atoms with Crippen LogP contribution in [0.4, 0.5) is 11.4 Å². The zero-order chi connectivity index (χ0) is 14.5. The van der Waals surface area contributed by atoms with Gasteiger partial charge in [-0.2, -0.15) is 0 Å². The van der Waals surface area contributed by atoms with Crippen LogP contribution in [0.25, 0.3) is 0 Å². The smallest absolute Gasteiger partial charge is 0.238 e. The van der Waals surface area contributed by atoms with Crippen molar-refractivity contribution in [3.63, 3.8) is 0 Å². The number of rotatable bonds is 3. The highest BCUT2D eigenvalue weighted by atomic mass is 35.5. The van der Waals surface area contributed by atoms with Crippen molar-refractivity contribution in [1.82, 2.24) is 9.80 Å². The van der Waals surface area contributed by atoms with Crippen LogP contribution in [-0.2, 0) is 4.79 Å². The SMILES string of the molecule is CN1CCCN(CC(=O)Nc2ccc(Cl)c(N)c2)CC1. The molecule has 0 aliphatic carbocycles. The Labute approximate surface area is 124 Å². The molecule has 3 N–H and O–H groups in total. The molecule has 0 unspecified atom stereocenters. The Morgan fingerprint density at radius 2 is 2.15 bits per heavy atom. The molecule has 1 aromatic carbocycles. The number of nitrogens with one attached hydrogen (secondary N) is 1. The van der Waals surface area contributed by atoms with E-state index in [0.717, 1.165) is 32.6 Å². The van der Waals surface area contributed by atoms with Crippen molar-refractivity contribution >= 4 is 28.9 Å². The summed E-state index contributed by atoms with van der Waals surface area (Å²) >= 11 is 5.85. The molecular weight excluding hydrogens is 276 g/mol. The summed E-state index contributed by atoms with van der Waals surface area (Å²) < 4.78 is 0. The molecule has 2 rings (SSSR count). The average Bonchev–Trinajstić information content (AvgIpc) is 2.59. The van der Waals surface area contributed by atoms with Gasteiger partial charge in [0.2, 0.25) is 5.91 Å². The highest BCUT2D eigenvalue weighted by Gasteiger charge is 2.15. The molecule has 0 saturated carbocycles. The Kier molecular flexibility index (Phi) is 5.23. The van der Waals surface area contributed by atoms with Gasteiger partial charge in [0, 0.05) is 18.8 Å². The van der Waals surface area contributed by atoms with Gasteiger partial charge >= 0.3 is 0 Å². The van der Waals surface area contributed by atoms with E-state index in [0.29, 0.717) is 22.9 Å². The topological polar surface area (TPSA) is 61.6 Å². The monoisotopic (exact) mass is 296 g/mol. The summed E-state index contributed by atoms with van der Waals surface area (Å²) in [4.78, 5) is 16.5. The first-order valence-corrected chi connectivity index (χ1v) is 7.18. The second-order valence-electron chi connectivity index (χ2n) is 5.22. The zero-order valence-corrected chi connectivity index (χ0v) is 12.5. The molecule has 0 bridgehead atoms. The largest absolute Gasteiger partial charge is 0.397 e. The lowest BCUT2D eigenvalue weighted by Crippen LogP contribution is -2.35. The van der Waals surface area contributed by atoms with Crippen molar-refractivity contribution in [3.8, 4) is 0 Å². The highest BCUT2D eigenvalue weighted by Crippen LogP contribution is 2.22. The van der Waals surface area contributed by atoms with Crippen LogP contribution >= 0.6 is 11.6 Å². The maximum Gasteiger partial charge on any atom is 0.238 e. The second kappa shape index (κ2) is 6.92. The van der Waals surface area contributed by atoms with E-state index in [1.165, 1.54) is 0 Å². The molecule has 1 heterocycles. The van der Waals surface area contributed by atoms with E-state index in [1.54, 1.807) is 18.2 Å². The van der Waals surface area contributed by atoms with Crippen molar-refractivity contribution in [2.75, 3.05) is 50.8 Å². The Morgan fingerprint density at radius 1 is 1.35 bits per heavy atom. The number of halogens is 1. The normalized spacial score (nSPS) is 17.7. The summed E-state index contributed by atoms with van der Waals surface area (Å²) in [6, 6.07) is 5.12. The number of carbonyl (C=O) groups excluding carboxylic acids is 1. The third kappa shape index (κ3) is 4.37. The third-order valence-electron chi connectivity index (χ3n) is 3.46. The lowest BCUT2D eigenvalue weighted by Gasteiger charge is -2.19. The van der Waals surface area contributed by atoms with Crippen molar-refractivity contribution in [1.29, 1.82) is 0 Å². The fourth-order valence-electron chi connectivity index (χ4n) is 2.28. The molecular formula is C14H21ClN4O. The summed E-state index contributed by atoms with van der Waals surface area (Å²) in [5, 5.41) is 3.35. The Morgan fingerprint density at radius 3 is 2.90 bits per heavy atom. The number of nitrogens with zero attached hydrogens (tertiary/aromatic N) is 2. The number of hydrogen-bond donors (Lipinski definition) is 2. The van der Waals surface area contributed by atoms with Gasteiger partial charge in [-0.3, -0.25) is 9.69 Å². The number of nitrogens with two attached hydrogens (primary N) is 1. The molecule has 110 valence electrons. The molecule has 0 atom stereocenters. The van der Waals surface area contributed by atoms with Crippen LogP contribution in [0.3, 0.4) is 0 Å². The zero-order valence-electron chi connectivity index (χ0n) is 11.7. The molecule has 0 aromatic heterocycles. The fourth-order valence-corrected chi connectivity index (χ4v) is 2.40. The van der Waals surface area contributed by atoms with Crippen LogP contribution in [0.5, 0.6) is 0 Å². The molecule has 1 aromatic rings. The molecule has 1 saturated heterocycles. The van der Waals surface area contributed by atoms with Crippen LogP contribution in [0, 0.1) is 0 Å². The predicted molar refractivity (Wildman–Crippen MR) is 83.0 cm³/mol. The first kappa shape index (κ1) is 15.1. The molecule has 1 aliphatic rings. The molecule has 1 aliphatic heterocycles. The number of likely N-dealkylation sites (N-methyl/N-ethyl adjacent to an activating group) is 1. The number of hydrogen-bond acceptors (Lipinski definition) is 4. The predicted octanol–water partition coefficient (Wildman–Crippen LogP) is 1.50. The molecule has 0 spiro atoms. The number of amides is 1. The van der Waals surface area contributed by atoms with Crippen molar-refractivity contribution in [2.45, 2.75) is 6.42 Å². The van der Waals surface area contributed by atoms with Gasteiger partial charge in [0.25, 0.3) is 0 Å². The molecule has 1 amide bonds. The minimum Gasteiger partial charge on any atom is -0.397 e. The van der Waals surface area contributed by atoms with E-state index in [1.807, 2.05) is 0 Å². The van der Waals surface area contributed by atoms with E-state index < -0.39 is 0 Å². The highest BCUT2D eigenvalue weighted by molar-refractivity contribution is 6.33. The van der Waals surface area contributed by atoms with Gasteiger partial charge in [0.15, 0.2) is 0 Å². The number of benzene rings is 1. The molecule has 0 radical (unpaired) electrons. The Hall–Kier alpha value is -1.30. The second-order valence-corrected chi connectivity index (χ2v) is 5.62. The van der Waals surface area contributed by atoms with Crippen LogP contribution in [0.2, 0.25) is 5.02 Å². The minimum absolute atomic E-state index is 0.0173. The fraction of sp³-hybridized carbons (Fsp3) is 0.500. The summed E-state index contributed by atoms with van der Waals surface area (Å²) in [5.74, 6) is -0.0173. The lowest BCUT2D eigenvalue weighted by molar-refractivity contribution is -0.117. The summed E-state index contributed by atoms with van der Waals surface area (Å²) in [7, 11) is 2.11. The van der Waals surface area contributed by atoms with Crippen molar-refractivity contribution < 1.29 is 4.79 Å². The number of anilines is 2. The summed E-state index contributed by atoms with van der Waals surface area (Å²) in [6.07, 6.45) is 1.09. The van der Waals surface area contributed by atoms with E-state index in [4.69, 9.17) is 17.3 Å². The van der Waals surface area contributed by atoms with Gasteiger partial charge in [0.05, 0.1) is 17.3 Å². The van der Waals surface area contributed by atoms with Crippen molar-refractivity contribution in [3.05, 3.63) is 23.2 Å². The van der Waals surface area contributed by atoms with Crippen LogP contribution < -0.4 is 11.1 Å². The van der Waals surface area contributed by atoms with Gasteiger partial charge in [-0.1, -0.05) is 11.6 Å². The number of carbonyl (C=O) groups is 1. The lowest BCUT2D eigenvalue weighted by atomic mass is 10.3. The van der Waals surface area contributed by atoms with E-state index in [-0.39, 0.29) is 5.91 Å². The Bertz CT molecular complexity index is 480. The van der Waals surface area contributed by atoms with E-state index in [2.05, 4.69) is 22.2 Å². The molecule has 20 heavy (non-hydrogen) atoms. The van der Waals surface area contributed by atoms with Crippen molar-refractivity contribution in [2.24, 2.45) is 0 Å². The van der Waals surface area contributed by atoms with Gasteiger partial charge in [-0.15, -0.1) is 0 Å². The maximum atomic E-state index is 12.0. The van der Waals surface area contributed by atoms with Crippen LogP contribution in [0.1, 0.15) is 6.42 Å². The maximum absolute atomic E-state index is 12.0. The van der Waals surface area contributed by atoms with E-state index >= 15 is 0 Å². The van der Waals surface area contributed by atoms with Gasteiger partial charge < -0.3 is 16.0 Å². The van der Waals surface area contributed by atoms with Gasteiger partial charge in [-0.25, -0.2) is 0 Å². The van der Waals surface area contributed by atoms with Crippen LogP contribution in [0.15, 0.2) is 18.2 Å². The summed E-state index contributed by atoms with van der Waals surface area (Å²) in [5.41, 5.74) is 6.87. The average molecular weight is 297 g/mol. The third-order valence-corrected chi connectivity index (χ3v) is 3.80.